The van der Waals surface area contributed by atoms with Gasteiger partial charge in [0.2, 0.25) is 20.0 Å². The number of nitro groups is 1. The Hall–Kier alpha value is -2.06. The van der Waals surface area contributed by atoms with E-state index in [4.69, 9.17) is 5.14 Å². The Morgan fingerprint density at radius 2 is 1.82 bits per heavy atom. The summed E-state index contributed by atoms with van der Waals surface area (Å²) >= 11 is 0.950. The van der Waals surface area contributed by atoms with Gasteiger partial charge in [0.05, 0.1) is 9.82 Å². The van der Waals surface area contributed by atoms with Crippen molar-refractivity contribution in [3.05, 3.63) is 45.3 Å². The van der Waals surface area contributed by atoms with Gasteiger partial charge in [0, 0.05) is 30.6 Å². The van der Waals surface area contributed by atoms with Crippen molar-refractivity contribution in [2.45, 2.75) is 28.5 Å². The lowest BCUT2D eigenvalue weighted by Crippen LogP contribution is -2.27. The molecular weight excluding hydrogens is 428 g/mol. The average Bonchev–Trinajstić information content (AvgIpc) is 3.31. The van der Waals surface area contributed by atoms with Crippen LogP contribution in [0.15, 0.2) is 39.4 Å². The number of benzene rings is 1. The fourth-order valence-corrected chi connectivity index (χ4v) is 6.09. The summed E-state index contributed by atoms with van der Waals surface area (Å²) in [4.78, 5) is 11.3. The summed E-state index contributed by atoms with van der Waals surface area (Å²) in [7, 11) is -7.57. The summed E-state index contributed by atoms with van der Waals surface area (Å²) in [6.45, 7) is 0.932. The van der Waals surface area contributed by atoms with Crippen LogP contribution < -0.4 is 10.5 Å². The molecule has 152 valence electrons. The first kappa shape index (κ1) is 20.7. The standard InChI is InChI=1S/C15H18N4O6S3/c16-27(22,23)15-6-3-11(26-15)10-17-13-5-4-12(9-14(13)19(20)21)28(24,25)18-7-1-2-8-18/h3-6,9,17H,1-2,7-8,10H2,(H2,16,22,23). The summed E-state index contributed by atoms with van der Waals surface area (Å²) in [5.41, 5.74) is -0.237. The third-order valence-electron chi connectivity index (χ3n) is 4.24. The van der Waals surface area contributed by atoms with Gasteiger partial charge in [0.25, 0.3) is 5.69 Å². The van der Waals surface area contributed by atoms with Gasteiger partial charge in [-0.25, -0.2) is 22.0 Å². The maximum absolute atomic E-state index is 12.6. The van der Waals surface area contributed by atoms with Gasteiger partial charge < -0.3 is 5.32 Å². The van der Waals surface area contributed by atoms with Crippen LogP contribution in [0.25, 0.3) is 0 Å². The summed E-state index contributed by atoms with van der Waals surface area (Å²) in [6.07, 6.45) is 1.53. The highest BCUT2D eigenvalue weighted by molar-refractivity contribution is 7.91. The zero-order valence-corrected chi connectivity index (χ0v) is 17.0. The van der Waals surface area contributed by atoms with Crippen molar-refractivity contribution in [1.82, 2.24) is 4.31 Å². The molecule has 10 nitrogen and oxygen atoms in total. The Labute approximate surface area is 166 Å². The molecule has 0 bridgehead atoms. The number of nitrogens with one attached hydrogen (secondary N) is 1. The molecule has 1 aromatic carbocycles. The van der Waals surface area contributed by atoms with Crippen LogP contribution in [-0.4, -0.2) is 39.2 Å². The molecule has 13 heteroatoms. The van der Waals surface area contributed by atoms with Gasteiger partial charge in [0.1, 0.15) is 9.90 Å². The van der Waals surface area contributed by atoms with Crippen molar-refractivity contribution in [3.8, 4) is 0 Å². The van der Waals surface area contributed by atoms with E-state index in [0.29, 0.717) is 18.0 Å². The van der Waals surface area contributed by atoms with E-state index in [2.05, 4.69) is 5.32 Å². The lowest BCUT2D eigenvalue weighted by molar-refractivity contribution is -0.384. The van der Waals surface area contributed by atoms with Gasteiger partial charge in [0.15, 0.2) is 0 Å². The maximum Gasteiger partial charge on any atom is 0.293 e. The van der Waals surface area contributed by atoms with Crippen LogP contribution in [0.3, 0.4) is 0 Å². The second-order valence-corrected chi connectivity index (χ2v) is 11.1. The van der Waals surface area contributed by atoms with E-state index in [9.17, 15) is 26.9 Å². The number of hydrogen-bond acceptors (Lipinski definition) is 8. The molecule has 0 atom stereocenters. The van der Waals surface area contributed by atoms with Gasteiger partial charge in [-0.1, -0.05) is 0 Å². The summed E-state index contributed by atoms with van der Waals surface area (Å²) in [6, 6.07) is 6.62. The van der Waals surface area contributed by atoms with Crippen LogP contribution >= 0.6 is 11.3 Å². The fourth-order valence-electron chi connectivity index (χ4n) is 2.84. The van der Waals surface area contributed by atoms with E-state index in [1.165, 1.54) is 22.5 Å². The first-order valence-corrected chi connectivity index (χ1v) is 12.0. The number of primary sulfonamides is 1. The maximum atomic E-state index is 12.6. The smallest absolute Gasteiger partial charge is 0.293 e. The van der Waals surface area contributed by atoms with Gasteiger partial charge in [-0.2, -0.15) is 4.31 Å². The van der Waals surface area contributed by atoms with Crippen LogP contribution in [0.2, 0.25) is 0 Å². The first-order chi connectivity index (χ1) is 13.1. The zero-order valence-electron chi connectivity index (χ0n) is 14.6. The molecule has 0 unspecified atom stereocenters. The van der Waals surface area contributed by atoms with E-state index < -0.39 is 25.0 Å². The zero-order chi connectivity index (χ0) is 20.5. The minimum atomic E-state index is -3.81. The van der Waals surface area contributed by atoms with E-state index in [-0.39, 0.29) is 27.0 Å². The average molecular weight is 447 g/mol. The van der Waals surface area contributed by atoms with Crippen LogP contribution in [0.1, 0.15) is 17.7 Å². The predicted molar refractivity (Wildman–Crippen MR) is 104 cm³/mol. The van der Waals surface area contributed by atoms with Crippen molar-refractivity contribution in [3.63, 3.8) is 0 Å². The van der Waals surface area contributed by atoms with Crippen LogP contribution in [0.5, 0.6) is 0 Å². The molecular formula is C15H18N4O6S3. The Balaban J connectivity index is 1.84. The molecule has 0 radical (unpaired) electrons. The van der Waals surface area contributed by atoms with E-state index in [0.717, 1.165) is 30.2 Å². The molecule has 0 saturated carbocycles. The molecule has 2 aromatic rings. The van der Waals surface area contributed by atoms with E-state index in [1.54, 1.807) is 6.07 Å². The van der Waals surface area contributed by atoms with E-state index >= 15 is 0 Å². The van der Waals surface area contributed by atoms with E-state index in [1.807, 2.05) is 0 Å². The minimum Gasteiger partial charge on any atom is -0.375 e. The Morgan fingerprint density at radius 3 is 2.39 bits per heavy atom. The highest BCUT2D eigenvalue weighted by Gasteiger charge is 2.29. The quantitative estimate of drug-likeness (QED) is 0.485. The third-order valence-corrected chi connectivity index (χ3v) is 8.66. The summed E-state index contributed by atoms with van der Waals surface area (Å²) in [5.74, 6) is 0. The molecule has 2 heterocycles. The molecule has 0 aliphatic carbocycles. The molecule has 1 fully saturated rings. The molecule has 3 rings (SSSR count). The number of sulfonamides is 2. The Bertz CT molecular complexity index is 1100. The second-order valence-electron chi connectivity index (χ2n) is 6.17. The molecule has 3 N–H and O–H groups in total. The van der Waals surface area contributed by atoms with Crippen LogP contribution in [-0.2, 0) is 26.6 Å². The van der Waals surface area contributed by atoms with Gasteiger partial charge in [-0.3, -0.25) is 10.1 Å². The van der Waals surface area contributed by atoms with Gasteiger partial charge in [-0.05, 0) is 37.1 Å². The number of rotatable bonds is 7. The Kier molecular flexibility index (Phi) is 5.72. The summed E-state index contributed by atoms with van der Waals surface area (Å²) in [5, 5.41) is 19.3. The first-order valence-electron chi connectivity index (χ1n) is 8.23. The topological polar surface area (TPSA) is 153 Å². The molecule has 1 aliphatic rings. The SMILES string of the molecule is NS(=O)(=O)c1ccc(CNc2ccc(S(=O)(=O)N3CCCC3)cc2[N+](=O)[O-])s1. The summed E-state index contributed by atoms with van der Waals surface area (Å²) < 4.78 is 49.2. The molecule has 1 aromatic heterocycles. The number of nitrogens with two attached hydrogens (primary N) is 1. The highest BCUT2D eigenvalue weighted by atomic mass is 32.2. The number of nitro benzene ring substituents is 1. The van der Waals surface area contributed by atoms with Crippen molar-refractivity contribution in [1.29, 1.82) is 0 Å². The number of nitrogens with zero attached hydrogens (tertiary/aromatic N) is 2. The lowest BCUT2D eigenvalue weighted by Gasteiger charge is -2.16. The normalized spacial score (nSPS) is 15.6. The largest absolute Gasteiger partial charge is 0.375 e. The van der Waals surface area contributed by atoms with Gasteiger partial charge >= 0.3 is 0 Å². The van der Waals surface area contributed by atoms with Gasteiger partial charge in [-0.15, -0.1) is 11.3 Å². The minimum absolute atomic E-state index is 0.00847. The van der Waals surface area contributed by atoms with Crippen LogP contribution in [0.4, 0.5) is 11.4 Å². The van der Waals surface area contributed by atoms with Crippen molar-refractivity contribution < 1.29 is 21.8 Å². The third kappa shape index (κ3) is 4.33. The number of thiophene rings is 1. The molecule has 28 heavy (non-hydrogen) atoms. The molecule has 1 aliphatic heterocycles. The van der Waals surface area contributed by atoms with Crippen molar-refractivity contribution in [2.24, 2.45) is 5.14 Å². The Morgan fingerprint density at radius 1 is 1.14 bits per heavy atom. The van der Waals surface area contributed by atoms with Crippen molar-refractivity contribution >= 4 is 42.8 Å². The van der Waals surface area contributed by atoms with Crippen LogP contribution in [0, 0.1) is 10.1 Å². The highest BCUT2D eigenvalue weighted by Crippen LogP contribution is 2.31. The lowest BCUT2D eigenvalue weighted by atomic mass is 10.2. The second kappa shape index (κ2) is 7.75. The number of anilines is 1. The monoisotopic (exact) mass is 446 g/mol. The van der Waals surface area contributed by atoms with Crippen molar-refractivity contribution in [2.75, 3.05) is 18.4 Å². The predicted octanol–water partition coefficient (Wildman–Crippen LogP) is 1.70. The fraction of sp³-hybridized carbons (Fsp3) is 0.333. The number of hydrogen-bond donors (Lipinski definition) is 2. The molecule has 1 saturated heterocycles. The molecule has 0 spiro atoms. The molecule has 0 amide bonds.